The van der Waals surface area contributed by atoms with E-state index in [-0.39, 0.29) is 12.2 Å². The fourth-order valence-electron chi connectivity index (χ4n) is 1.23. The maximum Gasteiger partial charge on any atom is 0.323 e. The molecule has 1 rings (SSSR count). The lowest BCUT2D eigenvalue weighted by Gasteiger charge is -2.28. The summed E-state index contributed by atoms with van der Waals surface area (Å²) in [6, 6.07) is 9.00. The van der Waals surface area contributed by atoms with E-state index in [0.717, 1.165) is 5.23 Å². The Labute approximate surface area is 106 Å². The summed E-state index contributed by atoms with van der Waals surface area (Å²) in [4.78, 5) is 20.7. The molecule has 0 unspecified atom stereocenters. The summed E-state index contributed by atoms with van der Waals surface area (Å²) in [6.07, 6.45) is 0. The van der Waals surface area contributed by atoms with Crippen LogP contribution in [0, 0.1) is 5.41 Å². The van der Waals surface area contributed by atoms with Gasteiger partial charge in [0, 0.05) is 11.4 Å². The van der Waals surface area contributed by atoms with Gasteiger partial charge in [0.25, 0.3) is 0 Å². The quantitative estimate of drug-likeness (QED) is 0.493. The molecule has 0 saturated heterocycles. The van der Waals surface area contributed by atoms with E-state index < -0.39 is 5.60 Å². The van der Waals surface area contributed by atoms with Crippen LogP contribution < -0.4 is 0 Å². The number of carbonyl (C=O) groups excluding carboxylic acids is 1. The highest BCUT2D eigenvalue weighted by atomic mass is 17.0. The first-order chi connectivity index (χ1) is 8.48. The minimum absolute atomic E-state index is 0.220. The van der Waals surface area contributed by atoms with E-state index in [1.807, 2.05) is 18.2 Å². The summed E-state index contributed by atoms with van der Waals surface area (Å²) >= 11 is 0. The second kappa shape index (κ2) is 6.00. The van der Waals surface area contributed by atoms with Gasteiger partial charge in [0.05, 0.1) is 5.60 Å². The largest absolute Gasteiger partial charge is 0.323 e. The molecule has 0 aliphatic heterocycles. The Hall–Kier alpha value is -2.10. The molecule has 0 amide bonds. The highest BCUT2D eigenvalue weighted by molar-refractivity contribution is 5.86. The predicted octanol–water partition coefficient (Wildman–Crippen LogP) is 2.40. The fourth-order valence-corrected chi connectivity index (χ4v) is 1.23. The molecular weight excluding hydrogens is 232 g/mol. The van der Waals surface area contributed by atoms with Crippen molar-refractivity contribution in [1.82, 2.24) is 5.23 Å². The number of carbonyl (C=O) groups is 1. The summed E-state index contributed by atoms with van der Waals surface area (Å²) < 4.78 is 0. The van der Waals surface area contributed by atoms with E-state index in [0.29, 0.717) is 5.56 Å². The Morgan fingerprint density at radius 1 is 1.33 bits per heavy atom. The van der Waals surface area contributed by atoms with Crippen molar-refractivity contribution < 1.29 is 14.5 Å². The van der Waals surface area contributed by atoms with Gasteiger partial charge in [-0.1, -0.05) is 35.6 Å². The average molecular weight is 248 g/mol. The number of nitrogens with one attached hydrogen (secondary N) is 1. The molecule has 5 nitrogen and oxygen atoms in total. The summed E-state index contributed by atoms with van der Waals surface area (Å²) in [5.41, 5.74) is 0.316. The van der Waals surface area contributed by atoms with E-state index >= 15 is 0 Å². The van der Waals surface area contributed by atoms with Crippen LogP contribution >= 0.6 is 0 Å². The first kappa shape index (κ1) is 14.0. The molecule has 0 fully saturated rings. The van der Waals surface area contributed by atoms with Gasteiger partial charge in [-0.25, -0.2) is 4.84 Å². The van der Waals surface area contributed by atoms with Crippen molar-refractivity contribution in [3.63, 3.8) is 0 Å². The molecule has 0 bridgehead atoms. The second-order valence-electron chi connectivity index (χ2n) is 4.50. The molecule has 1 aromatic carbocycles. The van der Waals surface area contributed by atoms with Crippen LogP contribution in [0.25, 0.3) is 5.70 Å². The molecule has 1 N–H and O–H groups in total. The summed E-state index contributed by atoms with van der Waals surface area (Å²) in [7, 11) is 0. The van der Waals surface area contributed by atoms with Gasteiger partial charge in [-0.05, 0) is 20.8 Å². The molecule has 0 radical (unpaired) electrons. The smallest absolute Gasteiger partial charge is 0.318 e. The molecule has 0 heterocycles. The normalized spacial score (nSPS) is 10.4. The molecule has 1 aromatic rings. The number of hydrogen-bond acceptors (Lipinski definition) is 5. The van der Waals surface area contributed by atoms with Crippen LogP contribution in [0.4, 0.5) is 0 Å². The van der Waals surface area contributed by atoms with E-state index in [4.69, 9.17) is 15.1 Å². The predicted molar refractivity (Wildman–Crippen MR) is 67.4 cm³/mol. The van der Waals surface area contributed by atoms with Crippen LogP contribution in [0.1, 0.15) is 26.3 Å². The maximum atomic E-state index is 10.5. The molecule has 0 aromatic heterocycles. The molecular formula is C13H16N2O3. The zero-order valence-corrected chi connectivity index (χ0v) is 10.6. The average Bonchev–Trinajstić information content (AvgIpc) is 2.29. The van der Waals surface area contributed by atoms with Crippen molar-refractivity contribution in [2.24, 2.45) is 0 Å². The Morgan fingerprint density at radius 2 is 1.94 bits per heavy atom. The van der Waals surface area contributed by atoms with Gasteiger partial charge in [0.15, 0.2) is 5.70 Å². The highest BCUT2D eigenvalue weighted by Crippen LogP contribution is 2.21. The topological polar surface area (TPSA) is 62.6 Å². The lowest BCUT2D eigenvalue weighted by atomic mass is 10.2. The lowest BCUT2D eigenvalue weighted by molar-refractivity contribution is -0.336. The standard InChI is InChI=1S/C13H16N2O3/c1-13(2,3)18-15(17-10-16)12(9-14)11-7-5-4-6-8-11/h4-8,10,14H,1-3H3. The van der Waals surface area contributed by atoms with Crippen molar-refractivity contribution in [1.29, 1.82) is 5.41 Å². The summed E-state index contributed by atoms with van der Waals surface area (Å²) in [5, 5.41) is 8.21. The van der Waals surface area contributed by atoms with E-state index in [2.05, 4.69) is 5.87 Å². The SMILES string of the molecule is CC(C)(C)ON(OC=O)C(=C=N)c1ccccc1. The van der Waals surface area contributed by atoms with Crippen LogP contribution in [0.15, 0.2) is 30.3 Å². The molecule has 0 aliphatic carbocycles. The van der Waals surface area contributed by atoms with E-state index in [1.54, 1.807) is 32.9 Å². The van der Waals surface area contributed by atoms with Gasteiger partial charge in [-0.15, -0.1) is 0 Å². The van der Waals surface area contributed by atoms with Gasteiger partial charge in [-0.3, -0.25) is 10.2 Å². The Bertz CT molecular complexity index is 445. The zero-order valence-electron chi connectivity index (χ0n) is 10.6. The lowest BCUT2D eigenvalue weighted by Crippen LogP contribution is -2.33. The molecule has 0 atom stereocenters. The zero-order chi connectivity index (χ0) is 13.6. The van der Waals surface area contributed by atoms with Crippen molar-refractivity contribution in [3.05, 3.63) is 35.9 Å². The Morgan fingerprint density at radius 3 is 2.39 bits per heavy atom. The van der Waals surface area contributed by atoms with Gasteiger partial charge >= 0.3 is 6.47 Å². The van der Waals surface area contributed by atoms with Crippen LogP contribution in [0.2, 0.25) is 0 Å². The number of benzene rings is 1. The van der Waals surface area contributed by atoms with Crippen molar-refractivity contribution >= 4 is 18.0 Å². The summed E-state index contributed by atoms with van der Waals surface area (Å²) in [5.74, 6) is 2.21. The van der Waals surface area contributed by atoms with E-state index in [1.165, 1.54) is 0 Å². The molecule has 5 heteroatoms. The second-order valence-corrected chi connectivity index (χ2v) is 4.50. The van der Waals surface area contributed by atoms with Crippen LogP contribution in [-0.4, -0.2) is 23.2 Å². The van der Waals surface area contributed by atoms with E-state index in [9.17, 15) is 4.79 Å². The third kappa shape index (κ3) is 4.05. The first-order valence-electron chi connectivity index (χ1n) is 5.42. The Balaban J connectivity index is 3.03. The highest BCUT2D eigenvalue weighted by Gasteiger charge is 2.22. The fraction of sp³-hybridized carbons (Fsp3) is 0.308. The first-order valence-corrected chi connectivity index (χ1v) is 5.42. The van der Waals surface area contributed by atoms with Crippen LogP contribution in [-0.2, 0) is 14.5 Å². The minimum atomic E-state index is -0.570. The maximum absolute atomic E-state index is 10.5. The third-order valence-corrected chi connectivity index (χ3v) is 1.84. The summed E-state index contributed by atoms with van der Waals surface area (Å²) in [6.45, 7) is 5.66. The van der Waals surface area contributed by atoms with Crippen LogP contribution in [0.3, 0.4) is 0 Å². The number of nitrogens with zero attached hydrogens (tertiary/aromatic N) is 1. The molecule has 0 spiro atoms. The van der Waals surface area contributed by atoms with Gasteiger partial charge in [-0.2, -0.15) is 0 Å². The number of rotatable bonds is 5. The monoisotopic (exact) mass is 248 g/mol. The van der Waals surface area contributed by atoms with Gasteiger partial charge in [0.1, 0.15) is 0 Å². The minimum Gasteiger partial charge on any atom is -0.318 e. The molecule has 0 saturated carbocycles. The van der Waals surface area contributed by atoms with Gasteiger partial charge in [0.2, 0.25) is 0 Å². The van der Waals surface area contributed by atoms with Crippen molar-refractivity contribution in [2.45, 2.75) is 26.4 Å². The van der Waals surface area contributed by atoms with Crippen molar-refractivity contribution in [2.75, 3.05) is 0 Å². The Kier molecular flexibility index (Phi) is 4.66. The number of hydroxylamine groups is 2. The van der Waals surface area contributed by atoms with Crippen LogP contribution in [0.5, 0.6) is 0 Å². The third-order valence-electron chi connectivity index (χ3n) is 1.84. The molecule has 0 aliphatic rings. The molecule has 96 valence electrons. The van der Waals surface area contributed by atoms with Gasteiger partial charge < -0.3 is 4.84 Å². The van der Waals surface area contributed by atoms with Crippen molar-refractivity contribution in [3.8, 4) is 0 Å². The molecule has 18 heavy (non-hydrogen) atoms. The number of hydrogen-bond donors (Lipinski definition) is 1.